The van der Waals surface area contributed by atoms with Crippen LogP contribution in [-0.4, -0.2) is 84.7 Å². The molecule has 0 amide bonds. The molecule has 0 spiro atoms. The fourth-order valence-electron chi connectivity index (χ4n) is 3.63. The summed E-state index contributed by atoms with van der Waals surface area (Å²) < 4.78 is 34.7. The van der Waals surface area contributed by atoms with Gasteiger partial charge in [-0.2, -0.15) is 9.29 Å². The Labute approximate surface area is 177 Å². The molecule has 2 aromatic rings. The van der Waals surface area contributed by atoms with E-state index in [-0.39, 0.29) is 11.1 Å². The molecule has 164 valence electrons. The number of aromatic nitrogens is 4. The van der Waals surface area contributed by atoms with Crippen LogP contribution in [0.3, 0.4) is 0 Å². The van der Waals surface area contributed by atoms with E-state index in [4.69, 9.17) is 9.72 Å². The lowest BCUT2D eigenvalue weighted by Crippen LogP contribution is -2.49. The summed E-state index contributed by atoms with van der Waals surface area (Å²) in [5.41, 5.74) is 0.899. The third-order valence-electron chi connectivity index (χ3n) is 5.46. The van der Waals surface area contributed by atoms with Crippen molar-refractivity contribution >= 4 is 21.8 Å². The lowest BCUT2D eigenvalue weighted by atomic mass is 10.3. The molecule has 0 N–H and O–H groups in total. The molecule has 0 radical (unpaired) electrons. The lowest BCUT2D eigenvalue weighted by Gasteiger charge is -2.35. The summed E-state index contributed by atoms with van der Waals surface area (Å²) in [5, 5.41) is 0.108. The lowest BCUT2D eigenvalue weighted by molar-refractivity contribution is 0.122. The van der Waals surface area contributed by atoms with Gasteiger partial charge < -0.3 is 19.1 Å². The minimum Gasteiger partial charge on any atom is -0.378 e. The van der Waals surface area contributed by atoms with E-state index >= 15 is 0 Å². The molecule has 0 aliphatic carbocycles. The van der Waals surface area contributed by atoms with Crippen molar-refractivity contribution < 1.29 is 13.2 Å². The van der Waals surface area contributed by atoms with Crippen molar-refractivity contribution in [2.75, 3.05) is 62.3 Å². The summed E-state index contributed by atoms with van der Waals surface area (Å²) in [6.45, 7) is 10.8. The highest BCUT2D eigenvalue weighted by Crippen LogP contribution is 2.22. The number of morpholine rings is 1. The summed E-state index contributed by atoms with van der Waals surface area (Å²) in [7, 11) is -3.59. The van der Waals surface area contributed by atoms with Crippen molar-refractivity contribution in [2.24, 2.45) is 0 Å². The molecule has 0 aromatic carbocycles. The van der Waals surface area contributed by atoms with Crippen LogP contribution in [-0.2, 0) is 14.8 Å². The zero-order valence-corrected chi connectivity index (χ0v) is 18.5. The molecule has 30 heavy (non-hydrogen) atoms. The number of imidazole rings is 1. The van der Waals surface area contributed by atoms with Gasteiger partial charge in [0.2, 0.25) is 5.95 Å². The van der Waals surface area contributed by atoms with E-state index in [1.54, 1.807) is 17.1 Å². The number of rotatable bonds is 5. The van der Waals surface area contributed by atoms with Gasteiger partial charge in [-0.3, -0.25) is 0 Å². The third-order valence-corrected chi connectivity index (χ3v) is 7.25. The standard InChI is InChI=1S/C19H29N7O3S/c1-15(2)25-13-18(20-14-25)30(27,28)26-6-4-23(5-7-26)17-12-16(3)21-19(22-17)24-8-10-29-11-9-24/h12-15H,4-11H2,1-3H3. The van der Waals surface area contributed by atoms with Crippen molar-refractivity contribution in [2.45, 2.75) is 31.8 Å². The van der Waals surface area contributed by atoms with E-state index in [1.165, 1.54) is 4.31 Å². The molecule has 11 heteroatoms. The summed E-state index contributed by atoms with van der Waals surface area (Å²) in [6.07, 6.45) is 3.18. The summed E-state index contributed by atoms with van der Waals surface area (Å²) in [5.74, 6) is 1.55. The van der Waals surface area contributed by atoms with Crippen LogP contribution in [0.25, 0.3) is 0 Å². The van der Waals surface area contributed by atoms with E-state index < -0.39 is 10.0 Å². The summed E-state index contributed by atoms with van der Waals surface area (Å²) in [4.78, 5) is 17.7. The average Bonchev–Trinajstić information content (AvgIpc) is 3.26. The van der Waals surface area contributed by atoms with Gasteiger partial charge >= 0.3 is 0 Å². The Hall–Kier alpha value is -2.24. The summed E-state index contributed by atoms with van der Waals surface area (Å²) in [6, 6.07) is 2.12. The average molecular weight is 436 g/mol. The number of piperazine rings is 1. The molecule has 0 unspecified atom stereocenters. The van der Waals surface area contributed by atoms with Crippen LogP contribution in [0.15, 0.2) is 23.6 Å². The SMILES string of the molecule is Cc1cc(N2CCN(S(=O)(=O)c3cn(C(C)C)cn3)CC2)nc(N2CCOCC2)n1. The topological polar surface area (TPSA) is 96.7 Å². The maximum absolute atomic E-state index is 13.0. The van der Waals surface area contributed by atoms with Crippen LogP contribution in [0.1, 0.15) is 25.6 Å². The molecule has 0 bridgehead atoms. The predicted molar refractivity (Wildman–Crippen MR) is 113 cm³/mol. The largest absolute Gasteiger partial charge is 0.378 e. The van der Waals surface area contributed by atoms with Crippen molar-refractivity contribution in [1.29, 1.82) is 0 Å². The molecule has 2 fully saturated rings. The Morgan fingerprint density at radius 1 is 1.00 bits per heavy atom. The first-order valence-electron chi connectivity index (χ1n) is 10.3. The van der Waals surface area contributed by atoms with Gasteiger partial charge in [-0.05, 0) is 20.8 Å². The number of hydrogen-bond acceptors (Lipinski definition) is 8. The molecule has 4 rings (SSSR count). The van der Waals surface area contributed by atoms with Gasteiger partial charge in [0.1, 0.15) is 5.82 Å². The van der Waals surface area contributed by atoms with Crippen LogP contribution in [0.2, 0.25) is 0 Å². The van der Waals surface area contributed by atoms with Crippen LogP contribution in [0.5, 0.6) is 0 Å². The van der Waals surface area contributed by atoms with Gasteiger partial charge in [0.15, 0.2) is 5.03 Å². The zero-order valence-electron chi connectivity index (χ0n) is 17.7. The van der Waals surface area contributed by atoms with Gasteiger partial charge in [0.05, 0.1) is 19.5 Å². The monoisotopic (exact) mass is 435 g/mol. The molecular formula is C19H29N7O3S. The first-order chi connectivity index (χ1) is 14.3. The number of ether oxygens (including phenoxy) is 1. The Morgan fingerprint density at radius 3 is 2.33 bits per heavy atom. The van der Waals surface area contributed by atoms with Gasteiger partial charge in [-0.15, -0.1) is 0 Å². The highest BCUT2D eigenvalue weighted by atomic mass is 32.2. The fourth-order valence-corrected chi connectivity index (χ4v) is 4.97. The first-order valence-corrected chi connectivity index (χ1v) is 11.8. The van der Waals surface area contributed by atoms with Gasteiger partial charge in [0.25, 0.3) is 10.0 Å². The van der Waals surface area contributed by atoms with Gasteiger partial charge in [0, 0.05) is 63.3 Å². The Morgan fingerprint density at radius 2 is 1.70 bits per heavy atom. The Balaban J connectivity index is 1.46. The van der Waals surface area contributed by atoms with Crippen LogP contribution in [0, 0.1) is 6.92 Å². The number of aryl methyl sites for hydroxylation is 1. The van der Waals surface area contributed by atoms with E-state index in [0.29, 0.717) is 45.3 Å². The maximum Gasteiger partial charge on any atom is 0.262 e. The molecule has 10 nitrogen and oxygen atoms in total. The predicted octanol–water partition coefficient (Wildman–Crippen LogP) is 0.910. The molecule has 2 aliphatic rings. The van der Waals surface area contributed by atoms with Crippen molar-refractivity contribution in [1.82, 2.24) is 23.8 Å². The van der Waals surface area contributed by atoms with Crippen LogP contribution in [0.4, 0.5) is 11.8 Å². The minimum atomic E-state index is -3.59. The smallest absolute Gasteiger partial charge is 0.262 e. The zero-order chi connectivity index (χ0) is 21.3. The Kier molecular flexibility index (Phi) is 5.94. The number of hydrogen-bond donors (Lipinski definition) is 0. The van der Waals surface area contributed by atoms with Crippen LogP contribution >= 0.6 is 0 Å². The molecule has 0 atom stereocenters. The van der Waals surface area contributed by atoms with Crippen LogP contribution < -0.4 is 9.80 Å². The molecular weight excluding hydrogens is 406 g/mol. The van der Waals surface area contributed by atoms with E-state index in [2.05, 4.69) is 19.8 Å². The number of sulfonamides is 1. The second kappa shape index (κ2) is 8.48. The van der Waals surface area contributed by atoms with Gasteiger partial charge in [-0.25, -0.2) is 18.4 Å². The molecule has 2 aromatic heterocycles. The normalized spacial score (nSPS) is 18.9. The molecule has 2 aliphatic heterocycles. The molecule has 4 heterocycles. The second-order valence-corrected chi connectivity index (χ2v) is 9.80. The van der Waals surface area contributed by atoms with E-state index in [9.17, 15) is 8.42 Å². The van der Waals surface area contributed by atoms with E-state index in [1.807, 2.05) is 26.8 Å². The fraction of sp³-hybridized carbons (Fsp3) is 0.632. The number of anilines is 2. The third kappa shape index (κ3) is 4.28. The minimum absolute atomic E-state index is 0.108. The highest BCUT2D eigenvalue weighted by molar-refractivity contribution is 7.89. The molecule has 0 saturated carbocycles. The van der Waals surface area contributed by atoms with Gasteiger partial charge in [-0.1, -0.05) is 0 Å². The highest BCUT2D eigenvalue weighted by Gasteiger charge is 2.31. The van der Waals surface area contributed by atoms with Crippen molar-refractivity contribution in [3.8, 4) is 0 Å². The second-order valence-electron chi connectivity index (χ2n) is 7.91. The van der Waals surface area contributed by atoms with Crippen molar-refractivity contribution in [3.05, 3.63) is 24.3 Å². The number of nitrogens with zero attached hydrogens (tertiary/aromatic N) is 7. The van der Waals surface area contributed by atoms with Crippen molar-refractivity contribution in [3.63, 3.8) is 0 Å². The quantitative estimate of drug-likeness (QED) is 0.684. The molecule has 2 saturated heterocycles. The van der Waals surface area contributed by atoms with E-state index in [0.717, 1.165) is 24.6 Å². The first kappa shape index (κ1) is 21.0. The maximum atomic E-state index is 13.0. The summed E-state index contributed by atoms with van der Waals surface area (Å²) >= 11 is 0. The Bertz CT molecular complexity index is 978.